The number of ether oxygens (including phenoxy) is 1. The number of nitrogens with two attached hydrogens (primary N) is 2. The molecule has 34 heavy (non-hydrogen) atoms. The molecule has 3 aromatic rings. The van der Waals surface area contributed by atoms with Crippen molar-refractivity contribution in [3.63, 3.8) is 0 Å². The maximum atomic E-state index is 13.7. The highest BCUT2D eigenvalue weighted by Gasteiger charge is 2.40. The number of nitrogens with one attached hydrogen (secondary N) is 1. The van der Waals surface area contributed by atoms with Gasteiger partial charge in [-0.3, -0.25) is 9.59 Å². The average Bonchev–Trinajstić information content (AvgIpc) is 3.15. The molecule has 10 heteroatoms. The number of benzene rings is 2. The number of carbonyl (C=O) groups excluding carboxylic acids is 2. The minimum absolute atomic E-state index is 0.0181. The van der Waals surface area contributed by atoms with Crippen LogP contribution in [0.2, 0.25) is 0 Å². The van der Waals surface area contributed by atoms with Crippen LogP contribution in [-0.2, 0) is 11.3 Å². The number of nitrogens with zero attached hydrogens (tertiary/aromatic N) is 2. The topological polar surface area (TPSA) is 125 Å². The van der Waals surface area contributed by atoms with Gasteiger partial charge in [0.1, 0.15) is 17.1 Å². The van der Waals surface area contributed by atoms with Crippen molar-refractivity contribution in [1.29, 1.82) is 0 Å². The van der Waals surface area contributed by atoms with Crippen LogP contribution < -0.4 is 16.8 Å². The van der Waals surface area contributed by atoms with E-state index in [-0.39, 0.29) is 36.0 Å². The van der Waals surface area contributed by atoms with E-state index >= 15 is 0 Å². The Kier molecular flexibility index (Phi) is 6.34. The molecule has 1 aliphatic heterocycles. The number of alkyl halides is 2. The number of aromatic nitrogens is 2. The highest BCUT2D eigenvalue weighted by molar-refractivity contribution is 6.03. The first-order valence-electron chi connectivity index (χ1n) is 10.8. The number of aryl methyl sites for hydroxylation is 1. The molecule has 5 N–H and O–H groups in total. The first kappa shape index (κ1) is 23.4. The number of carbonyl (C=O) groups is 2. The molecule has 0 saturated carbocycles. The number of hydrogen-bond acceptors (Lipinski definition) is 5. The summed E-state index contributed by atoms with van der Waals surface area (Å²) in [6.45, 7) is 2.01. The van der Waals surface area contributed by atoms with Gasteiger partial charge in [0.25, 0.3) is 11.8 Å². The third-order valence-electron chi connectivity index (χ3n) is 5.85. The van der Waals surface area contributed by atoms with Gasteiger partial charge in [-0.25, -0.2) is 4.68 Å². The van der Waals surface area contributed by atoms with Gasteiger partial charge in [-0.05, 0) is 30.5 Å². The molecule has 2 amide bonds. The van der Waals surface area contributed by atoms with E-state index in [0.717, 1.165) is 11.1 Å². The number of rotatable bonds is 6. The van der Waals surface area contributed by atoms with E-state index in [1.165, 1.54) is 4.68 Å². The highest BCUT2D eigenvalue weighted by Crippen LogP contribution is 2.38. The van der Waals surface area contributed by atoms with Gasteiger partial charge < -0.3 is 21.5 Å². The van der Waals surface area contributed by atoms with Crippen LogP contribution in [0.25, 0.3) is 11.3 Å². The van der Waals surface area contributed by atoms with E-state index in [4.69, 9.17) is 11.5 Å². The number of anilines is 1. The number of nitrogen functional groups attached to an aromatic ring is 1. The Morgan fingerprint density at radius 3 is 2.56 bits per heavy atom. The van der Waals surface area contributed by atoms with Gasteiger partial charge in [0.15, 0.2) is 0 Å². The predicted molar refractivity (Wildman–Crippen MR) is 122 cm³/mol. The summed E-state index contributed by atoms with van der Waals surface area (Å²) < 4.78 is 33.2. The first-order chi connectivity index (χ1) is 16.2. The van der Waals surface area contributed by atoms with Gasteiger partial charge in [0.2, 0.25) is 0 Å². The summed E-state index contributed by atoms with van der Waals surface area (Å²) in [6.07, 6.45) is -3.62. The molecule has 178 valence electrons. The monoisotopic (exact) mass is 469 g/mol. The summed E-state index contributed by atoms with van der Waals surface area (Å²) >= 11 is 0. The molecule has 2 heterocycles. The number of hydrogen-bond donors (Lipinski definition) is 3. The lowest BCUT2D eigenvalue weighted by Crippen LogP contribution is -2.33. The molecule has 0 bridgehead atoms. The molecule has 0 aliphatic carbocycles. The molecule has 8 nitrogen and oxygen atoms in total. The van der Waals surface area contributed by atoms with E-state index in [1.807, 2.05) is 19.1 Å². The Hall–Kier alpha value is -3.79. The molecular formula is C24H25F2N5O3. The Morgan fingerprint density at radius 2 is 1.91 bits per heavy atom. The third kappa shape index (κ3) is 4.76. The molecule has 0 spiro atoms. The van der Waals surface area contributed by atoms with Crippen LogP contribution in [-0.4, -0.2) is 34.3 Å². The quantitative estimate of drug-likeness (QED) is 0.510. The highest BCUT2D eigenvalue weighted by atomic mass is 19.3. The lowest BCUT2D eigenvalue weighted by Gasteiger charge is -2.29. The van der Waals surface area contributed by atoms with Crippen molar-refractivity contribution in [3.8, 4) is 11.3 Å². The predicted octanol–water partition coefficient (Wildman–Crippen LogP) is 3.41. The molecule has 1 saturated heterocycles. The summed E-state index contributed by atoms with van der Waals surface area (Å²) in [5, 5.41) is 7.25. The van der Waals surface area contributed by atoms with Crippen molar-refractivity contribution in [2.24, 2.45) is 5.73 Å². The number of primary amides is 1. The second-order valence-corrected chi connectivity index (χ2v) is 8.24. The van der Waals surface area contributed by atoms with Crippen LogP contribution in [0, 0.1) is 6.92 Å². The van der Waals surface area contributed by atoms with Crippen LogP contribution >= 0.6 is 0 Å². The van der Waals surface area contributed by atoms with Gasteiger partial charge in [-0.1, -0.05) is 42.5 Å². The molecule has 1 unspecified atom stereocenters. The third-order valence-corrected chi connectivity index (χ3v) is 5.85. The molecular weight excluding hydrogens is 444 g/mol. The van der Waals surface area contributed by atoms with E-state index in [0.29, 0.717) is 17.7 Å². The smallest absolute Gasteiger partial charge is 0.357 e. The summed E-state index contributed by atoms with van der Waals surface area (Å²) in [6, 6.07) is 13.5. The fourth-order valence-corrected chi connectivity index (χ4v) is 4.04. The molecule has 1 aliphatic rings. The van der Waals surface area contributed by atoms with E-state index < -0.39 is 24.5 Å². The van der Waals surface area contributed by atoms with Gasteiger partial charge in [0, 0.05) is 17.7 Å². The molecule has 1 atom stereocenters. The number of amides is 2. The van der Waals surface area contributed by atoms with Crippen molar-refractivity contribution in [2.45, 2.75) is 38.5 Å². The molecule has 1 fully saturated rings. The van der Waals surface area contributed by atoms with Gasteiger partial charge >= 0.3 is 6.11 Å². The lowest BCUT2D eigenvalue weighted by atomic mass is 10.0. The van der Waals surface area contributed by atoms with Gasteiger partial charge in [-0.2, -0.15) is 13.9 Å². The van der Waals surface area contributed by atoms with Crippen molar-refractivity contribution in [1.82, 2.24) is 15.1 Å². The zero-order chi connectivity index (χ0) is 24.5. The van der Waals surface area contributed by atoms with Crippen molar-refractivity contribution < 1.29 is 23.1 Å². The number of halogens is 2. The zero-order valence-corrected chi connectivity index (χ0v) is 18.6. The van der Waals surface area contributed by atoms with Crippen molar-refractivity contribution in [2.75, 3.05) is 12.3 Å². The molecule has 0 radical (unpaired) electrons. The Bertz CT molecular complexity index is 1220. The maximum Gasteiger partial charge on any atom is 0.357 e. The fourth-order valence-electron chi connectivity index (χ4n) is 4.04. The molecule has 4 rings (SSSR count). The first-order valence-corrected chi connectivity index (χ1v) is 10.8. The SMILES string of the molecule is Cc1ccccc1C(=O)NCc1ccc(-c2nn(C3CCOC(F)(F)C3)c(N)c2C(N)=O)cc1. The second-order valence-electron chi connectivity index (χ2n) is 8.24. The van der Waals surface area contributed by atoms with Gasteiger partial charge in [-0.15, -0.1) is 0 Å². The Balaban J connectivity index is 1.54. The Labute approximate surface area is 194 Å². The van der Waals surface area contributed by atoms with Crippen LogP contribution in [0.4, 0.5) is 14.6 Å². The fraction of sp³-hybridized carbons (Fsp3) is 0.292. The van der Waals surface area contributed by atoms with E-state index in [9.17, 15) is 18.4 Å². The largest absolute Gasteiger partial charge is 0.383 e. The van der Waals surface area contributed by atoms with Crippen LogP contribution in [0.15, 0.2) is 48.5 Å². The summed E-state index contributed by atoms with van der Waals surface area (Å²) in [5.74, 6) is -1.04. The summed E-state index contributed by atoms with van der Waals surface area (Å²) in [7, 11) is 0. The summed E-state index contributed by atoms with van der Waals surface area (Å²) in [4.78, 5) is 24.5. The van der Waals surface area contributed by atoms with Crippen LogP contribution in [0.3, 0.4) is 0 Å². The minimum atomic E-state index is -3.29. The lowest BCUT2D eigenvalue weighted by molar-refractivity contribution is -0.266. The minimum Gasteiger partial charge on any atom is -0.383 e. The van der Waals surface area contributed by atoms with Gasteiger partial charge in [0.05, 0.1) is 19.1 Å². The van der Waals surface area contributed by atoms with E-state index in [2.05, 4.69) is 15.2 Å². The van der Waals surface area contributed by atoms with Crippen LogP contribution in [0.5, 0.6) is 0 Å². The van der Waals surface area contributed by atoms with Crippen molar-refractivity contribution >= 4 is 17.6 Å². The van der Waals surface area contributed by atoms with E-state index in [1.54, 1.807) is 36.4 Å². The summed E-state index contributed by atoms with van der Waals surface area (Å²) in [5.41, 5.74) is 14.7. The maximum absolute atomic E-state index is 13.7. The van der Waals surface area contributed by atoms with Crippen LogP contribution in [0.1, 0.15) is 50.7 Å². The van der Waals surface area contributed by atoms with Crippen molar-refractivity contribution in [3.05, 3.63) is 70.8 Å². The molecule has 2 aromatic carbocycles. The molecule has 1 aromatic heterocycles. The average molecular weight is 469 g/mol. The second kappa shape index (κ2) is 9.22. The Morgan fingerprint density at radius 1 is 1.21 bits per heavy atom. The standard InChI is InChI=1S/C24H25F2N5O3/c1-14-4-2-3-5-18(14)23(33)29-13-15-6-8-16(9-7-15)20-19(22(28)32)21(27)31(30-20)17-10-11-34-24(25,26)12-17/h2-9,17H,10-13,27H2,1H3,(H2,28,32)(H,29,33). The zero-order valence-electron chi connectivity index (χ0n) is 18.6. The normalized spacial score (nSPS) is 17.3.